The summed E-state index contributed by atoms with van der Waals surface area (Å²) in [6.07, 6.45) is 5.47. The molecule has 4 heteroatoms. The standard InChI is InChI=1S/C16H22N4/c1-2-13-12-20(14-7-4-3-5-8-14)16(18-13)19-10-6-9-15(19)11-17/h3-5,7-8,12,15H,2,6,9-11,17H2,1H3. The third-order valence-corrected chi connectivity index (χ3v) is 4.04. The summed E-state index contributed by atoms with van der Waals surface area (Å²) < 4.78 is 2.20. The highest BCUT2D eigenvalue weighted by Gasteiger charge is 2.27. The molecule has 0 saturated carbocycles. The van der Waals surface area contributed by atoms with Gasteiger partial charge in [0.05, 0.1) is 5.69 Å². The fraction of sp³-hybridized carbons (Fsp3) is 0.438. The van der Waals surface area contributed by atoms with E-state index in [0.29, 0.717) is 12.6 Å². The summed E-state index contributed by atoms with van der Waals surface area (Å²) in [7, 11) is 0. The van der Waals surface area contributed by atoms with Gasteiger partial charge in [0, 0.05) is 31.0 Å². The van der Waals surface area contributed by atoms with Crippen molar-refractivity contribution >= 4 is 5.95 Å². The Morgan fingerprint density at radius 3 is 2.80 bits per heavy atom. The Morgan fingerprint density at radius 2 is 2.10 bits per heavy atom. The lowest BCUT2D eigenvalue weighted by Gasteiger charge is -2.25. The van der Waals surface area contributed by atoms with Gasteiger partial charge < -0.3 is 10.6 Å². The van der Waals surface area contributed by atoms with Gasteiger partial charge in [0.1, 0.15) is 0 Å². The number of nitrogens with zero attached hydrogens (tertiary/aromatic N) is 3. The van der Waals surface area contributed by atoms with E-state index >= 15 is 0 Å². The van der Waals surface area contributed by atoms with Gasteiger partial charge in [-0.05, 0) is 31.4 Å². The molecule has 0 spiro atoms. The van der Waals surface area contributed by atoms with Crippen LogP contribution in [0.2, 0.25) is 0 Å². The van der Waals surface area contributed by atoms with Crippen molar-refractivity contribution in [3.05, 3.63) is 42.2 Å². The van der Waals surface area contributed by atoms with Gasteiger partial charge in [-0.15, -0.1) is 0 Å². The van der Waals surface area contributed by atoms with Crippen LogP contribution in [-0.2, 0) is 6.42 Å². The van der Waals surface area contributed by atoms with Crippen LogP contribution in [0.4, 0.5) is 5.95 Å². The normalized spacial score (nSPS) is 18.7. The molecule has 1 fully saturated rings. The smallest absolute Gasteiger partial charge is 0.210 e. The summed E-state index contributed by atoms with van der Waals surface area (Å²) in [5.41, 5.74) is 8.21. The Kier molecular flexibility index (Phi) is 3.74. The molecule has 0 radical (unpaired) electrons. The van der Waals surface area contributed by atoms with Crippen LogP contribution in [0.1, 0.15) is 25.5 Å². The second-order valence-electron chi connectivity index (χ2n) is 5.32. The molecule has 0 bridgehead atoms. The minimum Gasteiger partial charge on any atom is -0.338 e. The predicted molar refractivity (Wildman–Crippen MR) is 82.4 cm³/mol. The molecule has 2 heterocycles. The van der Waals surface area contributed by atoms with Crippen LogP contribution in [-0.4, -0.2) is 28.7 Å². The highest BCUT2D eigenvalue weighted by molar-refractivity contribution is 5.46. The third kappa shape index (κ3) is 2.31. The minimum absolute atomic E-state index is 0.421. The van der Waals surface area contributed by atoms with Crippen LogP contribution in [0.5, 0.6) is 0 Å². The minimum atomic E-state index is 0.421. The van der Waals surface area contributed by atoms with Crippen molar-refractivity contribution in [1.29, 1.82) is 0 Å². The molecular formula is C16H22N4. The van der Waals surface area contributed by atoms with E-state index < -0.39 is 0 Å². The second-order valence-corrected chi connectivity index (χ2v) is 5.32. The molecule has 1 aliphatic rings. The molecule has 1 aliphatic heterocycles. The quantitative estimate of drug-likeness (QED) is 0.927. The van der Waals surface area contributed by atoms with Crippen LogP contribution in [0.3, 0.4) is 0 Å². The van der Waals surface area contributed by atoms with Crippen molar-refractivity contribution in [2.45, 2.75) is 32.2 Å². The first-order valence-electron chi connectivity index (χ1n) is 7.44. The number of anilines is 1. The molecule has 2 N–H and O–H groups in total. The van der Waals surface area contributed by atoms with Gasteiger partial charge in [-0.2, -0.15) is 0 Å². The molecule has 3 rings (SSSR count). The number of nitrogens with two attached hydrogens (primary N) is 1. The van der Waals surface area contributed by atoms with Crippen LogP contribution in [0.15, 0.2) is 36.5 Å². The lowest BCUT2D eigenvalue weighted by molar-refractivity contribution is 0.660. The highest BCUT2D eigenvalue weighted by atomic mass is 15.3. The fourth-order valence-electron chi connectivity index (χ4n) is 2.91. The average molecular weight is 270 g/mol. The highest BCUT2D eigenvalue weighted by Crippen LogP contribution is 2.27. The predicted octanol–water partition coefficient (Wildman–Crippen LogP) is 2.36. The summed E-state index contributed by atoms with van der Waals surface area (Å²) in [5, 5.41) is 0. The number of imidazole rings is 1. The van der Waals surface area contributed by atoms with Gasteiger partial charge in [0.15, 0.2) is 0 Å². The number of rotatable bonds is 4. The molecule has 2 aromatic rings. The van der Waals surface area contributed by atoms with E-state index in [4.69, 9.17) is 10.7 Å². The van der Waals surface area contributed by atoms with E-state index in [-0.39, 0.29) is 0 Å². The van der Waals surface area contributed by atoms with Gasteiger partial charge in [0.2, 0.25) is 5.95 Å². The zero-order valence-corrected chi connectivity index (χ0v) is 12.0. The van der Waals surface area contributed by atoms with E-state index in [0.717, 1.165) is 30.3 Å². The Balaban J connectivity index is 2.03. The zero-order valence-electron chi connectivity index (χ0n) is 12.0. The Labute approximate surface area is 120 Å². The van der Waals surface area contributed by atoms with Gasteiger partial charge in [0.25, 0.3) is 0 Å². The van der Waals surface area contributed by atoms with Crippen LogP contribution >= 0.6 is 0 Å². The van der Waals surface area contributed by atoms with Gasteiger partial charge in [-0.3, -0.25) is 4.57 Å². The van der Waals surface area contributed by atoms with Crippen molar-refractivity contribution < 1.29 is 0 Å². The summed E-state index contributed by atoms with van der Waals surface area (Å²) in [6, 6.07) is 10.8. The van der Waals surface area contributed by atoms with Crippen LogP contribution < -0.4 is 10.6 Å². The fourth-order valence-corrected chi connectivity index (χ4v) is 2.91. The Morgan fingerprint density at radius 1 is 1.30 bits per heavy atom. The summed E-state index contributed by atoms with van der Waals surface area (Å²) in [5.74, 6) is 1.04. The molecule has 4 nitrogen and oxygen atoms in total. The molecule has 1 unspecified atom stereocenters. The van der Waals surface area contributed by atoms with Crippen molar-refractivity contribution in [1.82, 2.24) is 9.55 Å². The molecule has 1 aromatic heterocycles. The molecule has 106 valence electrons. The topological polar surface area (TPSA) is 47.1 Å². The number of para-hydroxylation sites is 1. The molecule has 1 atom stereocenters. The first-order valence-corrected chi connectivity index (χ1v) is 7.44. The molecule has 1 aromatic carbocycles. The molecule has 0 amide bonds. The maximum absolute atomic E-state index is 5.91. The maximum Gasteiger partial charge on any atom is 0.210 e. The zero-order chi connectivity index (χ0) is 13.9. The van der Waals surface area contributed by atoms with Crippen molar-refractivity contribution in [2.24, 2.45) is 5.73 Å². The van der Waals surface area contributed by atoms with E-state index in [1.54, 1.807) is 0 Å². The Hall–Kier alpha value is -1.81. The molecular weight excluding hydrogens is 248 g/mol. The number of hydrogen-bond donors (Lipinski definition) is 1. The first kappa shape index (κ1) is 13.2. The molecule has 20 heavy (non-hydrogen) atoms. The Bertz CT molecular complexity index is 561. The SMILES string of the molecule is CCc1cn(-c2ccccc2)c(N2CCCC2CN)n1. The monoisotopic (exact) mass is 270 g/mol. The largest absolute Gasteiger partial charge is 0.338 e. The molecule has 1 saturated heterocycles. The van der Waals surface area contributed by atoms with E-state index in [1.807, 2.05) is 6.07 Å². The van der Waals surface area contributed by atoms with Gasteiger partial charge >= 0.3 is 0 Å². The lowest BCUT2D eigenvalue weighted by Crippen LogP contribution is -2.37. The summed E-state index contributed by atoms with van der Waals surface area (Å²) >= 11 is 0. The van der Waals surface area contributed by atoms with E-state index in [9.17, 15) is 0 Å². The first-order chi connectivity index (χ1) is 9.83. The molecule has 0 aliphatic carbocycles. The average Bonchev–Trinajstić information content (AvgIpc) is 3.13. The van der Waals surface area contributed by atoms with Crippen molar-refractivity contribution in [3.8, 4) is 5.69 Å². The number of aryl methyl sites for hydroxylation is 1. The van der Waals surface area contributed by atoms with E-state index in [1.165, 1.54) is 12.8 Å². The van der Waals surface area contributed by atoms with Crippen LogP contribution in [0.25, 0.3) is 5.69 Å². The number of hydrogen-bond acceptors (Lipinski definition) is 3. The maximum atomic E-state index is 5.91. The van der Waals surface area contributed by atoms with Crippen molar-refractivity contribution in [2.75, 3.05) is 18.0 Å². The third-order valence-electron chi connectivity index (χ3n) is 4.04. The number of benzene rings is 1. The lowest BCUT2D eigenvalue weighted by atomic mass is 10.2. The second kappa shape index (κ2) is 5.67. The number of aromatic nitrogens is 2. The van der Waals surface area contributed by atoms with E-state index in [2.05, 4.69) is 46.9 Å². The summed E-state index contributed by atoms with van der Waals surface area (Å²) in [6.45, 7) is 3.89. The summed E-state index contributed by atoms with van der Waals surface area (Å²) in [4.78, 5) is 7.19. The van der Waals surface area contributed by atoms with Crippen molar-refractivity contribution in [3.63, 3.8) is 0 Å². The van der Waals surface area contributed by atoms with Gasteiger partial charge in [-0.1, -0.05) is 25.1 Å². The van der Waals surface area contributed by atoms with Gasteiger partial charge in [-0.25, -0.2) is 4.98 Å². The van der Waals surface area contributed by atoms with Crippen LogP contribution in [0, 0.1) is 0 Å².